The number of piperidine rings is 1. The van der Waals surface area contributed by atoms with Crippen molar-refractivity contribution in [2.45, 2.75) is 89.7 Å². The summed E-state index contributed by atoms with van der Waals surface area (Å²) in [6, 6.07) is 0.406. The molecule has 3 aliphatic carbocycles. The minimum Gasteiger partial charge on any atom is -0.377 e. The third kappa shape index (κ3) is 2.90. The van der Waals surface area contributed by atoms with Crippen LogP contribution in [-0.4, -0.2) is 39.9 Å². The van der Waals surface area contributed by atoms with E-state index in [2.05, 4.69) is 46.5 Å². The summed E-state index contributed by atoms with van der Waals surface area (Å²) in [4.78, 5) is 14.4. The van der Waals surface area contributed by atoms with Crippen molar-refractivity contribution >= 4 is 21.8 Å². The molecule has 4 rings (SSSR count). The molecule has 0 spiro atoms. The summed E-state index contributed by atoms with van der Waals surface area (Å²) in [5.74, 6) is 8.89. The van der Waals surface area contributed by atoms with Gasteiger partial charge in [0.05, 0.1) is 0 Å². The van der Waals surface area contributed by atoms with Gasteiger partial charge in [-0.05, 0) is 74.5 Å². The van der Waals surface area contributed by atoms with Crippen LogP contribution in [-0.2, 0) is 4.79 Å². The van der Waals surface area contributed by atoms with Gasteiger partial charge in [-0.1, -0.05) is 35.7 Å². The number of fused-ring (bicyclic) bond motifs is 5. The minimum atomic E-state index is -0.813. The Morgan fingerprint density at radius 3 is 2.64 bits per heavy atom. The first-order valence-corrected chi connectivity index (χ1v) is 12.4. The molecule has 28 heavy (non-hydrogen) atoms. The smallest absolute Gasteiger partial charge is 0.222 e. The zero-order valence-corrected chi connectivity index (χ0v) is 19.4. The van der Waals surface area contributed by atoms with E-state index in [-0.39, 0.29) is 10.8 Å². The first-order valence-electron chi connectivity index (χ1n) is 11.3. The van der Waals surface area contributed by atoms with Crippen LogP contribution in [0.1, 0.15) is 78.1 Å². The van der Waals surface area contributed by atoms with Crippen LogP contribution in [0, 0.1) is 40.4 Å². The standard InChI is InChI=1S/C24H36BrNO2/c1-22-13-11-21(27)26(3)20(22)8-7-17-18(22)9-14-23(2)19(17)10-15-24(23,28)12-5-4-6-16-25/h17-20,28H,4,6-11,13-16H2,1-3H3/t17-,18+,19+,20-,22-,23+,24+/m1/s1. The van der Waals surface area contributed by atoms with Crippen molar-refractivity contribution in [1.29, 1.82) is 0 Å². The number of unbranched alkanes of at least 4 members (excludes halogenated alkanes) is 1. The highest BCUT2D eigenvalue weighted by Crippen LogP contribution is 2.66. The maximum atomic E-state index is 12.3. The van der Waals surface area contributed by atoms with Crippen molar-refractivity contribution in [3.05, 3.63) is 0 Å². The first-order chi connectivity index (χ1) is 13.3. The van der Waals surface area contributed by atoms with E-state index in [4.69, 9.17) is 0 Å². The Kier molecular flexibility index (Phi) is 5.41. The Bertz CT molecular complexity index is 698. The molecule has 1 amide bonds. The average molecular weight is 450 g/mol. The summed E-state index contributed by atoms with van der Waals surface area (Å²) < 4.78 is 0. The molecule has 0 bridgehead atoms. The van der Waals surface area contributed by atoms with Gasteiger partial charge in [0.2, 0.25) is 5.91 Å². The lowest BCUT2D eigenvalue weighted by Crippen LogP contribution is -2.62. The Labute approximate surface area is 179 Å². The van der Waals surface area contributed by atoms with Gasteiger partial charge in [-0.15, -0.1) is 5.92 Å². The highest BCUT2D eigenvalue weighted by atomic mass is 79.9. The second-order valence-corrected chi connectivity index (χ2v) is 11.2. The number of aliphatic hydroxyl groups is 1. The summed E-state index contributed by atoms with van der Waals surface area (Å²) in [7, 11) is 2.02. The molecule has 0 aromatic rings. The predicted molar refractivity (Wildman–Crippen MR) is 116 cm³/mol. The fraction of sp³-hybridized carbons (Fsp3) is 0.875. The largest absolute Gasteiger partial charge is 0.377 e. The summed E-state index contributed by atoms with van der Waals surface area (Å²) in [5, 5.41) is 12.5. The van der Waals surface area contributed by atoms with Crippen LogP contribution in [0.5, 0.6) is 0 Å². The average Bonchev–Trinajstić information content (AvgIpc) is 2.94. The number of alkyl halides is 1. The molecule has 7 atom stereocenters. The monoisotopic (exact) mass is 449 g/mol. The van der Waals surface area contributed by atoms with Gasteiger partial charge in [0, 0.05) is 36.7 Å². The van der Waals surface area contributed by atoms with Crippen molar-refractivity contribution in [3.63, 3.8) is 0 Å². The minimum absolute atomic E-state index is 0.0743. The normalized spacial score (nSPS) is 47.6. The van der Waals surface area contributed by atoms with E-state index in [0.29, 0.717) is 36.1 Å². The number of nitrogens with zero attached hydrogens (tertiary/aromatic N) is 1. The molecule has 1 heterocycles. The molecule has 4 heteroatoms. The molecule has 0 unspecified atom stereocenters. The van der Waals surface area contributed by atoms with Crippen LogP contribution in [0.4, 0.5) is 0 Å². The van der Waals surface area contributed by atoms with Crippen LogP contribution in [0.15, 0.2) is 0 Å². The fourth-order valence-electron chi connectivity index (χ4n) is 7.74. The van der Waals surface area contributed by atoms with Crippen LogP contribution in [0.2, 0.25) is 0 Å². The molecule has 1 aliphatic heterocycles. The van der Waals surface area contributed by atoms with E-state index in [1.54, 1.807) is 0 Å². The zero-order chi connectivity index (χ0) is 20.2. The van der Waals surface area contributed by atoms with E-state index >= 15 is 0 Å². The topological polar surface area (TPSA) is 40.5 Å². The number of hydrogen-bond donors (Lipinski definition) is 1. The second kappa shape index (κ2) is 7.31. The molecule has 0 aromatic carbocycles. The van der Waals surface area contributed by atoms with Gasteiger partial charge in [-0.25, -0.2) is 0 Å². The van der Waals surface area contributed by atoms with Gasteiger partial charge < -0.3 is 10.0 Å². The summed E-state index contributed by atoms with van der Waals surface area (Å²) in [6.45, 7) is 4.78. The molecular formula is C24H36BrNO2. The molecule has 1 N–H and O–H groups in total. The van der Waals surface area contributed by atoms with Crippen molar-refractivity contribution in [2.75, 3.05) is 12.4 Å². The Balaban J connectivity index is 1.58. The van der Waals surface area contributed by atoms with Crippen molar-refractivity contribution < 1.29 is 9.90 Å². The molecule has 0 radical (unpaired) electrons. The number of carbonyl (C=O) groups excluding carboxylic acids is 1. The Morgan fingerprint density at radius 1 is 1.14 bits per heavy atom. The van der Waals surface area contributed by atoms with E-state index in [1.165, 1.54) is 12.8 Å². The third-order valence-corrected chi connectivity index (χ3v) is 10.0. The van der Waals surface area contributed by atoms with Gasteiger partial charge in [0.25, 0.3) is 0 Å². The highest BCUT2D eigenvalue weighted by molar-refractivity contribution is 9.09. The molecule has 1 saturated heterocycles. The molecule has 3 nitrogen and oxygen atoms in total. The quantitative estimate of drug-likeness (QED) is 0.375. The van der Waals surface area contributed by atoms with Crippen molar-refractivity contribution in [2.24, 2.45) is 28.6 Å². The lowest BCUT2D eigenvalue weighted by Gasteiger charge is -2.62. The SMILES string of the molecule is CN1C(=O)CC[C@]2(C)[C@H]3CC[C@@]4(C)[C@@H](CC[C@@]4(O)C#CCCCBr)[C@@H]3CC[C@@H]12. The predicted octanol–water partition coefficient (Wildman–Crippen LogP) is 4.76. The molecular weight excluding hydrogens is 414 g/mol. The van der Waals surface area contributed by atoms with E-state index in [1.807, 2.05) is 7.05 Å². The third-order valence-electron chi connectivity index (χ3n) is 9.44. The summed E-state index contributed by atoms with van der Waals surface area (Å²) in [6.07, 6.45) is 10.2. The van der Waals surface area contributed by atoms with Crippen LogP contribution >= 0.6 is 15.9 Å². The van der Waals surface area contributed by atoms with Gasteiger partial charge in [0.1, 0.15) is 5.60 Å². The number of amides is 1. The molecule has 3 saturated carbocycles. The van der Waals surface area contributed by atoms with Gasteiger partial charge in [0.15, 0.2) is 0 Å². The fourth-order valence-corrected chi connectivity index (χ4v) is 8.02. The van der Waals surface area contributed by atoms with Gasteiger partial charge in [-0.2, -0.15) is 0 Å². The van der Waals surface area contributed by atoms with Crippen LogP contribution in [0.25, 0.3) is 0 Å². The highest BCUT2D eigenvalue weighted by Gasteiger charge is 2.64. The second-order valence-electron chi connectivity index (χ2n) is 10.4. The van der Waals surface area contributed by atoms with Crippen molar-refractivity contribution in [3.8, 4) is 11.8 Å². The van der Waals surface area contributed by atoms with Crippen LogP contribution in [0.3, 0.4) is 0 Å². The van der Waals surface area contributed by atoms with E-state index < -0.39 is 5.60 Å². The summed E-state index contributed by atoms with van der Waals surface area (Å²) >= 11 is 3.47. The number of hydrogen-bond acceptors (Lipinski definition) is 2. The molecule has 156 valence electrons. The van der Waals surface area contributed by atoms with Crippen LogP contribution < -0.4 is 0 Å². The Hall–Kier alpha value is -0.530. The number of rotatable bonds is 2. The maximum absolute atomic E-state index is 12.3. The Morgan fingerprint density at radius 2 is 1.89 bits per heavy atom. The van der Waals surface area contributed by atoms with Crippen molar-refractivity contribution in [1.82, 2.24) is 4.90 Å². The van der Waals surface area contributed by atoms with Gasteiger partial charge >= 0.3 is 0 Å². The number of likely N-dealkylation sites (tertiary alicyclic amines) is 1. The van der Waals surface area contributed by atoms with Gasteiger partial charge in [-0.3, -0.25) is 4.79 Å². The molecule has 4 fully saturated rings. The lowest BCUT2D eigenvalue weighted by molar-refractivity contribution is -0.163. The zero-order valence-electron chi connectivity index (χ0n) is 17.8. The lowest BCUT2D eigenvalue weighted by atomic mass is 9.46. The molecule has 0 aromatic heterocycles. The van der Waals surface area contributed by atoms with E-state index in [0.717, 1.165) is 50.3 Å². The number of halogens is 1. The molecule has 4 aliphatic rings. The van der Waals surface area contributed by atoms with E-state index in [9.17, 15) is 9.90 Å². The first kappa shape index (κ1) is 20.7. The summed E-state index contributed by atoms with van der Waals surface area (Å²) in [5.41, 5.74) is -0.643. The maximum Gasteiger partial charge on any atom is 0.222 e. The number of carbonyl (C=O) groups is 1.